The van der Waals surface area contributed by atoms with E-state index < -0.39 is 0 Å². The molecule has 1 aromatic heterocycles. The fourth-order valence-electron chi connectivity index (χ4n) is 2.82. The van der Waals surface area contributed by atoms with E-state index >= 15 is 0 Å². The molecule has 106 valence electrons. The third-order valence-electron chi connectivity index (χ3n) is 3.84. The molecule has 2 N–H and O–H groups in total. The van der Waals surface area contributed by atoms with Crippen LogP contribution in [-0.2, 0) is 0 Å². The van der Waals surface area contributed by atoms with E-state index in [2.05, 4.69) is 15.5 Å². The van der Waals surface area contributed by atoms with Crippen molar-refractivity contribution in [2.75, 3.05) is 12.8 Å². The van der Waals surface area contributed by atoms with Gasteiger partial charge in [-0.1, -0.05) is 19.3 Å². The lowest BCUT2D eigenvalue weighted by molar-refractivity contribution is 0.327. The van der Waals surface area contributed by atoms with Gasteiger partial charge in [-0.15, -0.1) is 5.10 Å². The average molecular weight is 273 g/mol. The van der Waals surface area contributed by atoms with Gasteiger partial charge < -0.3 is 10.5 Å². The molecule has 0 atom stereocenters. The summed E-state index contributed by atoms with van der Waals surface area (Å²) in [6.45, 7) is 0. The summed E-state index contributed by atoms with van der Waals surface area (Å²) < 4.78 is 7.20. The van der Waals surface area contributed by atoms with Gasteiger partial charge in [0.1, 0.15) is 5.75 Å². The fourth-order valence-corrected chi connectivity index (χ4v) is 2.82. The molecule has 6 nitrogen and oxygen atoms in total. The van der Waals surface area contributed by atoms with Crippen molar-refractivity contribution in [1.82, 2.24) is 20.2 Å². The third-order valence-corrected chi connectivity index (χ3v) is 3.84. The highest BCUT2D eigenvalue weighted by atomic mass is 16.5. The molecule has 20 heavy (non-hydrogen) atoms. The van der Waals surface area contributed by atoms with Crippen LogP contribution in [0.3, 0.4) is 0 Å². The van der Waals surface area contributed by atoms with Crippen LogP contribution in [0.15, 0.2) is 18.2 Å². The lowest BCUT2D eigenvalue weighted by Gasteiger charge is -2.22. The number of nitrogens with zero attached hydrogens (tertiary/aromatic N) is 4. The summed E-state index contributed by atoms with van der Waals surface area (Å²) in [5.41, 5.74) is 7.46. The van der Waals surface area contributed by atoms with Crippen molar-refractivity contribution < 1.29 is 4.74 Å². The van der Waals surface area contributed by atoms with Crippen molar-refractivity contribution in [3.05, 3.63) is 18.2 Å². The van der Waals surface area contributed by atoms with Gasteiger partial charge in [0.05, 0.1) is 13.2 Å². The van der Waals surface area contributed by atoms with Crippen LogP contribution in [0.2, 0.25) is 0 Å². The van der Waals surface area contributed by atoms with Crippen molar-refractivity contribution in [2.24, 2.45) is 0 Å². The second-order valence-corrected chi connectivity index (χ2v) is 5.23. The zero-order valence-corrected chi connectivity index (χ0v) is 11.6. The minimum absolute atomic E-state index is 0.390. The zero-order chi connectivity index (χ0) is 13.9. The van der Waals surface area contributed by atoms with Crippen LogP contribution in [0.25, 0.3) is 11.4 Å². The van der Waals surface area contributed by atoms with Gasteiger partial charge in [0.2, 0.25) is 0 Å². The smallest absolute Gasteiger partial charge is 0.182 e. The lowest BCUT2D eigenvalue weighted by atomic mass is 9.95. The first kappa shape index (κ1) is 12.9. The van der Waals surface area contributed by atoms with E-state index in [-0.39, 0.29) is 0 Å². The molecule has 6 heteroatoms. The van der Waals surface area contributed by atoms with Crippen LogP contribution in [0.1, 0.15) is 38.1 Å². The largest absolute Gasteiger partial charge is 0.497 e. The Hall–Kier alpha value is -2.11. The van der Waals surface area contributed by atoms with Crippen LogP contribution >= 0.6 is 0 Å². The summed E-state index contributed by atoms with van der Waals surface area (Å²) in [5, 5.41) is 12.2. The number of ether oxygens (including phenoxy) is 1. The van der Waals surface area contributed by atoms with Crippen molar-refractivity contribution in [3.8, 4) is 17.1 Å². The van der Waals surface area contributed by atoms with Crippen molar-refractivity contribution >= 4 is 5.69 Å². The first-order valence-corrected chi connectivity index (χ1v) is 7.01. The molecule has 0 saturated heterocycles. The Labute approximate surface area is 117 Å². The van der Waals surface area contributed by atoms with Gasteiger partial charge in [0.15, 0.2) is 5.82 Å². The molecule has 1 heterocycles. The highest BCUT2D eigenvalue weighted by molar-refractivity contribution is 5.64. The lowest BCUT2D eigenvalue weighted by Crippen LogP contribution is -2.15. The van der Waals surface area contributed by atoms with E-state index in [1.54, 1.807) is 13.2 Å². The van der Waals surface area contributed by atoms with Crippen molar-refractivity contribution in [1.29, 1.82) is 0 Å². The van der Waals surface area contributed by atoms with Gasteiger partial charge in [-0.05, 0) is 35.4 Å². The van der Waals surface area contributed by atoms with E-state index in [9.17, 15) is 0 Å². The molecule has 0 unspecified atom stereocenters. The molecule has 1 aliphatic rings. The quantitative estimate of drug-likeness (QED) is 0.869. The number of anilines is 1. The normalized spacial score (nSPS) is 16.2. The standard InChI is InChI=1S/C14H19N5O/c1-20-13-8-10(7-11(15)9-13)14-16-17-18-19(14)12-5-3-2-4-6-12/h7-9,12H,2-6,15H2,1H3. The summed E-state index contributed by atoms with van der Waals surface area (Å²) in [6, 6.07) is 5.98. The predicted octanol–water partition coefficient (Wildman–Crippen LogP) is 2.44. The highest BCUT2D eigenvalue weighted by Crippen LogP contribution is 2.32. The first-order chi connectivity index (χ1) is 9.78. The molecule has 0 bridgehead atoms. The summed E-state index contributed by atoms with van der Waals surface area (Å²) in [7, 11) is 1.63. The molecule has 1 fully saturated rings. The van der Waals surface area contributed by atoms with E-state index in [1.807, 2.05) is 16.8 Å². The summed E-state index contributed by atoms with van der Waals surface area (Å²) in [4.78, 5) is 0. The van der Waals surface area contributed by atoms with Gasteiger partial charge >= 0.3 is 0 Å². The number of aromatic nitrogens is 4. The Kier molecular flexibility index (Phi) is 3.54. The Morgan fingerprint density at radius 3 is 2.75 bits per heavy atom. The summed E-state index contributed by atoms with van der Waals surface area (Å²) >= 11 is 0. The van der Waals surface area contributed by atoms with Crippen LogP contribution in [0.4, 0.5) is 5.69 Å². The Morgan fingerprint density at radius 2 is 2.00 bits per heavy atom. The summed E-state index contributed by atoms with van der Waals surface area (Å²) in [5.74, 6) is 1.49. The van der Waals surface area contributed by atoms with Gasteiger partial charge in [0.25, 0.3) is 0 Å². The molecule has 0 spiro atoms. The maximum Gasteiger partial charge on any atom is 0.182 e. The van der Waals surface area contributed by atoms with Gasteiger partial charge in [-0.25, -0.2) is 4.68 Å². The number of hydrogen-bond donors (Lipinski definition) is 1. The van der Waals surface area contributed by atoms with Crippen molar-refractivity contribution in [2.45, 2.75) is 38.1 Å². The Balaban J connectivity index is 1.98. The minimum Gasteiger partial charge on any atom is -0.497 e. The zero-order valence-electron chi connectivity index (χ0n) is 11.6. The molecule has 0 radical (unpaired) electrons. The molecule has 3 rings (SSSR count). The maximum absolute atomic E-state index is 5.91. The van der Waals surface area contributed by atoms with E-state index in [4.69, 9.17) is 10.5 Å². The van der Waals surface area contributed by atoms with E-state index in [0.717, 1.165) is 30.0 Å². The summed E-state index contributed by atoms with van der Waals surface area (Å²) in [6.07, 6.45) is 6.06. The van der Waals surface area contributed by atoms with Crippen molar-refractivity contribution in [3.63, 3.8) is 0 Å². The van der Waals surface area contributed by atoms with Crippen LogP contribution in [0.5, 0.6) is 5.75 Å². The molecular formula is C14H19N5O. The Bertz CT molecular complexity index is 589. The molecule has 1 aromatic carbocycles. The minimum atomic E-state index is 0.390. The predicted molar refractivity (Wildman–Crippen MR) is 76.3 cm³/mol. The Morgan fingerprint density at radius 1 is 1.20 bits per heavy atom. The molecule has 2 aromatic rings. The van der Waals surface area contributed by atoms with Gasteiger partial charge in [0, 0.05) is 17.3 Å². The first-order valence-electron chi connectivity index (χ1n) is 7.01. The molecule has 0 aliphatic heterocycles. The number of rotatable bonds is 3. The SMILES string of the molecule is COc1cc(N)cc(-c2nnnn2C2CCCCC2)c1. The number of hydrogen-bond acceptors (Lipinski definition) is 5. The second-order valence-electron chi connectivity index (χ2n) is 5.23. The van der Waals surface area contributed by atoms with E-state index in [0.29, 0.717) is 11.7 Å². The number of nitrogens with two attached hydrogens (primary N) is 1. The molecular weight excluding hydrogens is 254 g/mol. The van der Waals surface area contributed by atoms with Crippen LogP contribution in [0, 0.1) is 0 Å². The number of nitrogen functional groups attached to an aromatic ring is 1. The molecule has 1 saturated carbocycles. The maximum atomic E-state index is 5.91. The van der Waals surface area contributed by atoms with Gasteiger partial charge in [-0.2, -0.15) is 0 Å². The third kappa shape index (κ3) is 2.45. The van der Waals surface area contributed by atoms with Crippen LogP contribution in [-0.4, -0.2) is 27.3 Å². The topological polar surface area (TPSA) is 78.8 Å². The fraction of sp³-hybridized carbons (Fsp3) is 0.500. The number of benzene rings is 1. The van der Waals surface area contributed by atoms with E-state index in [1.165, 1.54) is 19.3 Å². The molecule has 1 aliphatic carbocycles. The number of tetrazole rings is 1. The highest BCUT2D eigenvalue weighted by Gasteiger charge is 2.21. The average Bonchev–Trinajstić information content (AvgIpc) is 2.97. The second kappa shape index (κ2) is 5.48. The number of methoxy groups -OCH3 is 1. The monoisotopic (exact) mass is 273 g/mol. The molecule has 0 amide bonds. The van der Waals surface area contributed by atoms with Crippen LogP contribution < -0.4 is 10.5 Å². The van der Waals surface area contributed by atoms with Gasteiger partial charge in [-0.3, -0.25) is 0 Å².